The molecule has 1 aliphatic carbocycles. The van der Waals surface area contributed by atoms with E-state index in [2.05, 4.69) is 0 Å². The molecule has 0 bridgehead atoms. The Morgan fingerprint density at radius 2 is 1.89 bits per heavy atom. The largest absolute Gasteiger partial charge is 0.401 e. The number of nitrogens with zero attached hydrogens (tertiary/aromatic N) is 1. The van der Waals surface area contributed by atoms with Crippen molar-refractivity contribution in [1.82, 2.24) is 4.90 Å². The first kappa shape index (κ1) is 14.7. The lowest BCUT2D eigenvalue weighted by Crippen LogP contribution is -2.35. The first-order valence-electron chi connectivity index (χ1n) is 6.44. The molecular formula is C14H17ClF3N. The molecule has 1 aromatic carbocycles. The van der Waals surface area contributed by atoms with Gasteiger partial charge < -0.3 is 0 Å². The molecule has 1 aliphatic rings. The van der Waals surface area contributed by atoms with Crippen molar-refractivity contribution in [2.45, 2.75) is 32.0 Å². The van der Waals surface area contributed by atoms with Crippen molar-refractivity contribution in [3.8, 4) is 0 Å². The second-order valence-electron chi connectivity index (χ2n) is 4.97. The van der Waals surface area contributed by atoms with Crippen molar-refractivity contribution in [2.75, 3.05) is 19.0 Å². The van der Waals surface area contributed by atoms with Crippen LogP contribution in [-0.4, -0.2) is 30.0 Å². The van der Waals surface area contributed by atoms with Gasteiger partial charge in [-0.05, 0) is 36.0 Å². The van der Waals surface area contributed by atoms with E-state index in [0.29, 0.717) is 6.54 Å². The van der Waals surface area contributed by atoms with Gasteiger partial charge in [0.05, 0.1) is 6.54 Å². The molecule has 1 nitrogen and oxygen atoms in total. The summed E-state index contributed by atoms with van der Waals surface area (Å²) in [5.74, 6) is 0.209. The maximum Gasteiger partial charge on any atom is 0.401 e. The van der Waals surface area contributed by atoms with Crippen LogP contribution in [0.1, 0.15) is 23.1 Å². The molecular weight excluding hydrogens is 275 g/mol. The highest BCUT2D eigenvalue weighted by Crippen LogP contribution is 2.24. The summed E-state index contributed by atoms with van der Waals surface area (Å²) in [6.45, 7) is -0.353. The van der Waals surface area contributed by atoms with Crippen LogP contribution in [0.25, 0.3) is 0 Å². The summed E-state index contributed by atoms with van der Waals surface area (Å²) < 4.78 is 37.4. The van der Waals surface area contributed by atoms with Crippen LogP contribution in [0.15, 0.2) is 18.2 Å². The Balaban J connectivity index is 2.04. The molecule has 0 aromatic heterocycles. The fourth-order valence-corrected chi connectivity index (χ4v) is 2.81. The molecule has 19 heavy (non-hydrogen) atoms. The van der Waals surface area contributed by atoms with Crippen molar-refractivity contribution in [2.24, 2.45) is 0 Å². The van der Waals surface area contributed by atoms with Gasteiger partial charge in [0, 0.05) is 19.0 Å². The van der Waals surface area contributed by atoms with E-state index in [1.165, 1.54) is 16.0 Å². The molecule has 0 saturated carbocycles. The molecule has 0 aliphatic heterocycles. The van der Waals surface area contributed by atoms with Crippen molar-refractivity contribution in [3.05, 3.63) is 34.9 Å². The Labute approximate surface area is 116 Å². The molecule has 2 rings (SSSR count). The molecule has 0 N–H and O–H groups in total. The topological polar surface area (TPSA) is 3.24 Å². The van der Waals surface area contributed by atoms with Crippen LogP contribution in [0.4, 0.5) is 13.2 Å². The Bertz CT molecular complexity index is 431. The second kappa shape index (κ2) is 6.14. The summed E-state index contributed by atoms with van der Waals surface area (Å²) >= 11 is 5.58. The molecule has 0 amide bonds. The molecule has 106 valence electrons. The van der Waals surface area contributed by atoms with Crippen LogP contribution in [0.2, 0.25) is 0 Å². The minimum Gasteiger partial charge on any atom is -0.290 e. The lowest BCUT2D eigenvalue weighted by molar-refractivity contribution is -0.146. The monoisotopic (exact) mass is 291 g/mol. The predicted octanol–water partition coefficient (Wildman–Crippen LogP) is 3.78. The van der Waals surface area contributed by atoms with E-state index < -0.39 is 12.7 Å². The average Bonchev–Trinajstić information content (AvgIpc) is 2.74. The zero-order valence-electron chi connectivity index (χ0n) is 10.6. The molecule has 0 spiro atoms. The average molecular weight is 292 g/mol. The molecule has 0 unspecified atom stereocenters. The predicted molar refractivity (Wildman–Crippen MR) is 70.5 cm³/mol. The van der Waals surface area contributed by atoms with Gasteiger partial charge >= 0.3 is 6.18 Å². The molecule has 0 fully saturated rings. The number of aryl methyl sites for hydroxylation is 2. The number of benzene rings is 1. The summed E-state index contributed by atoms with van der Waals surface area (Å²) in [5.41, 5.74) is 3.56. The third-order valence-corrected chi connectivity index (χ3v) is 3.54. The SMILES string of the molecule is FC(F)(F)CN(CCCl)Cc1ccc2c(c1)CCC2. The van der Waals surface area contributed by atoms with Crippen LogP contribution < -0.4 is 0 Å². The van der Waals surface area contributed by atoms with E-state index in [-0.39, 0.29) is 12.4 Å². The molecule has 5 heteroatoms. The minimum atomic E-state index is -4.18. The molecule has 0 radical (unpaired) electrons. The Hall–Kier alpha value is -0.740. The first-order chi connectivity index (χ1) is 8.98. The zero-order chi connectivity index (χ0) is 13.9. The van der Waals surface area contributed by atoms with E-state index in [1.54, 1.807) is 0 Å². The third kappa shape index (κ3) is 4.39. The van der Waals surface area contributed by atoms with Gasteiger partial charge in [0.15, 0.2) is 0 Å². The maximum absolute atomic E-state index is 12.5. The summed E-state index contributed by atoms with van der Waals surface area (Å²) in [6, 6.07) is 6.02. The number of alkyl halides is 4. The standard InChI is InChI=1S/C14H17ClF3N/c15-6-7-19(10-14(16,17)18)9-11-4-5-12-2-1-3-13(12)8-11/h4-5,8H,1-3,6-7,9-10H2. The molecule has 0 saturated heterocycles. The summed E-state index contributed by atoms with van der Waals surface area (Å²) in [4.78, 5) is 1.35. The Kier molecular flexibility index (Phi) is 4.74. The van der Waals surface area contributed by atoms with Crippen LogP contribution in [0.3, 0.4) is 0 Å². The zero-order valence-corrected chi connectivity index (χ0v) is 11.4. The highest BCUT2D eigenvalue weighted by atomic mass is 35.5. The van der Waals surface area contributed by atoms with E-state index in [0.717, 1.165) is 24.8 Å². The molecule has 0 atom stereocenters. The van der Waals surface area contributed by atoms with E-state index in [4.69, 9.17) is 11.6 Å². The Morgan fingerprint density at radius 3 is 2.58 bits per heavy atom. The van der Waals surface area contributed by atoms with Gasteiger partial charge in [-0.3, -0.25) is 4.90 Å². The highest BCUT2D eigenvalue weighted by molar-refractivity contribution is 6.18. The Morgan fingerprint density at radius 1 is 1.16 bits per heavy atom. The highest BCUT2D eigenvalue weighted by Gasteiger charge is 2.30. The normalized spacial score (nSPS) is 15.0. The summed E-state index contributed by atoms with van der Waals surface area (Å²) in [6.07, 6.45) is -0.906. The van der Waals surface area contributed by atoms with Gasteiger partial charge in [0.25, 0.3) is 0 Å². The third-order valence-electron chi connectivity index (χ3n) is 3.37. The summed E-state index contributed by atoms with van der Waals surface area (Å²) in [7, 11) is 0. The lowest BCUT2D eigenvalue weighted by atomic mass is 10.1. The van der Waals surface area contributed by atoms with Gasteiger partial charge in [0.2, 0.25) is 0 Å². The lowest BCUT2D eigenvalue weighted by Gasteiger charge is -2.23. The van der Waals surface area contributed by atoms with Crippen LogP contribution in [0, 0.1) is 0 Å². The fraction of sp³-hybridized carbons (Fsp3) is 0.571. The second-order valence-corrected chi connectivity index (χ2v) is 5.35. The number of hydrogen-bond acceptors (Lipinski definition) is 1. The smallest absolute Gasteiger partial charge is 0.290 e. The minimum absolute atomic E-state index is 0.209. The van der Waals surface area contributed by atoms with Crippen LogP contribution in [-0.2, 0) is 19.4 Å². The molecule has 0 heterocycles. The fourth-order valence-electron chi connectivity index (χ4n) is 2.57. The number of halogens is 4. The number of rotatable bonds is 5. The van der Waals surface area contributed by atoms with E-state index >= 15 is 0 Å². The van der Waals surface area contributed by atoms with Crippen molar-refractivity contribution < 1.29 is 13.2 Å². The van der Waals surface area contributed by atoms with E-state index in [9.17, 15) is 13.2 Å². The van der Waals surface area contributed by atoms with Crippen molar-refractivity contribution >= 4 is 11.6 Å². The van der Waals surface area contributed by atoms with Crippen molar-refractivity contribution in [3.63, 3.8) is 0 Å². The summed E-state index contributed by atoms with van der Waals surface area (Å²) in [5, 5.41) is 0. The van der Waals surface area contributed by atoms with Gasteiger partial charge in [0.1, 0.15) is 0 Å². The number of fused-ring (bicyclic) bond motifs is 1. The van der Waals surface area contributed by atoms with Gasteiger partial charge in [-0.15, -0.1) is 11.6 Å². The van der Waals surface area contributed by atoms with Crippen LogP contribution >= 0.6 is 11.6 Å². The van der Waals surface area contributed by atoms with Gasteiger partial charge in [-0.1, -0.05) is 18.2 Å². The maximum atomic E-state index is 12.5. The van der Waals surface area contributed by atoms with Crippen LogP contribution in [0.5, 0.6) is 0 Å². The number of hydrogen-bond donors (Lipinski definition) is 0. The molecule has 1 aromatic rings. The van der Waals surface area contributed by atoms with Gasteiger partial charge in [-0.2, -0.15) is 13.2 Å². The van der Waals surface area contributed by atoms with E-state index in [1.807, 2.05) is 18.2 Å². The quantitative estimate of drug-likeness (QED) is 0.746. The van der Waals surface area contributed by atoms with Gasteiger partial charge in [-0.25, -0.2) is 0 Å². The van der Waals surface area contributed by atoms with Crippen molar-refractivity contribution in [1.29, 1.82) is 0 Å². The first-order valence-corrected chi connectivity index (χ1v) is 6.97.